The second-order valence-electron chi connectivity index (χ2n) is 7.25. The van der Waals surface area contributed by atoms with Gasteiger partial charge >= 0.3 is 5.97 Å². The van der Waals surface area contributed by atoms with Crippen molar-refractivity contribution in [3.8, 4) is 11.5 Å². The van der Waals surface area contributed by atoms with E-state index < -0.39 is 12.1 Å². The Labute approximate surface area is 194 Å². The molecule has 2 atom stereocenters. The van der Waals surface area contributed by atoms with Crippen molar-refractivity contribution in [1.29, 1.82) is 0 Å². The Kier molecular flexibility index (Phi) is 11.6. The van der Waals surface area contributed by atoms with Crippen LogP contribution in [0.25, 0.3) is 0 Å². The number of halogens is 1. The number of hydrogen-bond donors (Lipinski definition) is 1. The van der Waals surface area contributed by atoms with Gasteiger partial charge in [0.05, 0.1) is 11.1 Å². The maximum Gasteiger partial charge on any atom is 0.342 e. The lowest BCUT2D eigenvalue weighted by molar-refractivity contribution is 0.0160. The van der Waals surface area contributed by atoms with E-state index in [0.717, 1.165) is 12.8 Å². The van der Waals surface area contributed by atoms with E-state index in [1.165, 1.54) is 6.07 Å². The largest absolute Gasteiger partial charge is 0.466 e. The van der Waals surface area contributed by atoms with Crippen LogP contribution in [-0.4, -0.2) is 50.1 Å². The summed E-state index contributed by atoms with van der Waals surface area (Å²) in [7, 11) is 0. The fraction of sp³-hybridized carbons (Fsp3) is 0.542. The molecule has 0 aromatic heterocycles. The summed E-state index contributed by atoms with van der Waals surface area (Å²) in [6.07, 6.45) is 8.74. The molecule has 7 nitrogen and oxygen atoms in total. The van der Waals surface area contributed by atoms with E-state index in [0.29, 0.717) is 25.2 Å². The van der Waals surface area contributed by atoms with Crippen molar-refractivity contribution in [3.63, 3.8) is 0 Å². The van der Waals surface area contributed by atoms with E-state index in [2.05, 4.69) is 0 Å². The van der Waals surface area contributed by atoms with Crippen molar-refractivity contribution in [2.24, 2.45) is 0 Å². The Morgan fingerprint density at radius 2 is 1.72 bits per heavy atom. The van der Waals surface area contributed by atoms with Gasteiger partial charge in [-0.1, -0.05) is 35.9 Å². The predicted octanol–water partition coefficient (Wildman–Crippen LogP) is 4.83. The van der Waals surface area contributed by atoms with E-state index in [1.807, 2.05) is 39.0 Å². The monoisotopic (exact) mass is 468 g/mol. The number of benzene rings is 1. The van der Waals surface area contributed by atoms with Crippen molar-refractivity contribution < 1.29 is 33.6 Å². The third-order valence-electron chi connectivity index (χ3n) is 4.71. The first-order valence-electron chi connectivity index (χ1n) is 10.9. The third kappa shape index (κ3) is 8.13. The molecule has 1 unspecified atom stereocenters. The lowest BCUT2D eigenvalue weighted by Gasteiger charge is -2.21. The van der Waals surface area contributed by atoms with Crippen LogP contribution in [-0.2, 0) is 20.6 Å². The highest BCUT2D eigenvalue weighted by Gasteiger charge is 2.27. The van der Waals surface area contributed by atoms with Crippen molar-refractivity contribution in [3.05, 3.63) is 46.5 Å². The van der Waals surface area contributed by atoms with Crippen LogP contribution in [0.4, 0.5) is 0 Å². The average molecular weight is 469 g/mol. The Morgan fingerprint density at radius 1 is 1.06 bits per heavy atom. The van der Waals surface area contributed by atoms with Crippen LogP contribution < -0.4 is 9.47 Å². The molecule has 8 heteroatoms. The molecular formula is C24H33ClO7. The van der Waals surface area contributed by atoms with Gasteiger partial charge in [0.15, 0.2) is 13.6 Å². The predicted molar refractivity (Wildman–Crippen MR) is 122 cm³/mol. The van der Waals surface area contributed by atoms with Crippen molar-refractivity contribution in [2.75, 3.05) is 26.8 Å². The van der Waals surface area contributed by atoms with Crippen LogP contribution in [0.3, 0.4) is 0 Å². The summed E-state index contributed by atoms with van der Waals surface area (Å²) in [5.41, 5.74) is 0.535. The van der Waals surface area contributed by atoms with E-state index in [9.17, 15) is 9.90 Å². The number of allylic oxidation sites excluding steroid dienone is 2. The average Bonchev–Trinajstić information content (AvgIpc) is 2.75. The van der Waals surface area contributed by atoms with Crippen molar-refractivity contribution in [2.45, 2.75) is 58.7 Å². The van der Waals surface area contributed by atoms with Gasteiger partial charge in [0.25, 0.3) is 0 Å². The summed E-state index contributed by atoms with van der Waals surface area (Å²) >= 11 is 6.64. The Hall–Kier alpha value is -2.06. The van der Waals surface area contributed by atoms with Crippen LogP contribution in [0.5, 0.6) is 11.5 Å². The van der Waals surface area contributed by atoms with Gasteiger partial charge in [-0.15, -0.1) is 0 Å². The maximum atomic E-state index is 13.2. The summed E-state index contributed by atoms with van der Waals surface area (Å²) < 4.78 is 27.6. The quantitative estimate of drug-likeness (QED) is 0.253. The molecule has 32 heavy (non-hydrogen) atoms. The second kappa shape index (κ2) is 14.2. The smallest absolute Gasteiger partial charge is 0.342 e. The number of cyclic esters (lactones) is 1. The molecule has 1 aromatic carbocycles. The number of rotatable bonds is 8. The topological polar surface area (TPSA) is 83.5 Å². The van der Waals surface area contributed by atoms with Gasteiger partial charge < -0.3 is 28.8 Å². The zero-order chi connectivity index (χ0) is 23.3. The molecule has 0 radical (unpaired) electrons. The highest BCUT2D eigenvalue weighted by atomic mass is 35.5. The molecule has 0 saturated carbocycles. The highest BCUT2D eigenvalue weighted by Crippen LogP contribution is 2.39. The van der Waals surface area contributed by atoms with Crippen LogP contribution in [0, 0.1) is 0 Å². The number of carbonyl (C=O) groups excluding carboxylic acids is 1. The Bertz CT molecular complexity index is 791. The molecule has 1 aliphatic rings. The molecule has 178 valence electrons. The normalized spacial score (nSPS) is 20.7. The fourth-order valence-corrected chi connectivity index (χ4v) is 3.37. The molecular weight excluding hydrogens is 436 g/mol. The lowest BCUT2D eigenvalue weighted by Crippen LogP contribution is -2.20. The summed E-state index contributed by atoms with van der Waals surface area (Å²) in [6, 6.07) is 1.52. The molecule has 0 bridgehead atoms. The van der Waals surface area contributed by atoms with Crippen molar-refractivity contribution >= 4 is 17.6 Å². The molecule has 0 fully saturated rings. The van der Waals surface area contributed by atoms with Crippen molar-refractivity contribution in [1.82, 2.24) is 0 Å². The first-order chi connectivity index (χ1) is 15.5. The number of ether oxygens (including phenoxy) is 5. The highest BCUT2D eigenvalue weighted by molar-refractivity contribution is 6.33. The molecule has 1 aliphatic heterocycles. The van der Waals surface area contributed by atoms with Crippen LogP contribution >= 0.6 is 11.6 Å². The van der Waals surface area contributed by atoms with E-state index in [1.54, 1.807) is 6.08 Å². The number of esters is 1. The summed E-state index contributed by atoms with van der Waals surface area (Å²) in [5.74, 6) is -0.0919. The molecule has 0 spiro atoms. The minimum absolute atomic E-state index is 0.0177. The Balaban J connectivity index is 2.53. The van der Waals surface area contributed by atoms with Gasteiger partial charge in [0, 0.05) is 32.1 Å². The summed E-state index contributed by atoms with van der Waals surface area (Å²) in [5, 5.41) is 10.8. The molecule has 0 aliphatic carbocycles. The molecule has 0 saturated heterocycles. The molecule has 1 aromatic rings. The van der Waals surface area contributed by atoms with Gasteiger partial charge in [0.2, 0.25) is 0 Å². The van der Waals surface area contributed by atoms with E-state index in [4.69, 9.17) is 35.3 Å². The Morgan fingerprint density at radius 3 is 2.41 bits per heavy atom. The lowest BCUT2D eigenvalue weighted by atomic mass is 9.99. The van der Waals surface area contributed by atoms with Gasteiger partial charge in [0.1, 0.15) is 23.2 Å². The molecule has 2 rings (SSSR count). The standard InChI is InChI=1S/C24H33ClO7/c1-4-28-15-30-20-14-21(31-16-29-5-2)23(25)19-13-18(26)12-10-8-6-7-9-11-17(3)32-24(27)22(19)20/h7,9-10,12,14,17-18,26H,4-6,8,11,13,15-16H2,1-3H3/b9-7+,12-10?/t17-,18?/m1/s1. The van der Waals surface area contributed by atoms with Gasteiger partial charge in [-0.05, 0) is 39.2 Å². The van der Waals surface area contributed by atoms with Crippen LogP contribution in [0.1, 0.15) is 56.0 Å². The summed E-state index contributed by atoms with van der Waals surface area (Å²) in [6.45, 7) is 6.34. The maximum absolute atomic E-state index is 13.2. The van der Waals surface area contributed by atoms with Gasteiger partial charge in [-0.3, -0.25) is 0 Å². The minimum atomic E-state index is -0.856. The molecule has 0 amide bonds. The SMILES string of the molecule is CCOCOc1cc(OCOCC)c2c(c1Cl)CC(O)C=CCC/C=C/C[C@@H](C)OC2=O. The number of hydrogen-bond acceptors (Lipinski definition) is 7. The van der Waals surface area contributed by atoms with Crippen LogP contribution in [0.15, 0.2) is 30.4 Å². The van der Waals surface area contributed by atoms with Crippen LogP contribution in [0.2, 0.25) is 5.02 Å². The minimum Gasteiger partial charge on any atom is -0.466 e. The van der Waals surface area contributed by atoms with E-state index >= 15 is 0 Å². The molecule has 1 N–H and O–H groups in total. The summed E-state index contributed by atoms with van der Waals surface area (Å²) in [4.78, 5) is 13.2. The third-order valence-corrected chi connectivity index (χ3v) is 5.13. The second-order valence-corrected chi connectivity index (χ2v) is 7.63. The number of fused-ring (bicyclic) bond motifs is 1. The van der Waals surface area contributed by atoms with Gasteiger partial charge in [-0.2, -0.15) is 0 Å². The fourth-order valence-electron chi connectivity index (χ4n) is 3.09. The van der Waals surface area contributed by atoms with E-state index in [-0.39, 0.29) is 48.2 Å². The number of aliphatic hydroxyl groups is 1. The zero-order valence-electron chi connectivity index (χ0n) is 19.0. The number of aliphatic hydroxyl groups excluding tert-OH is 1. The first-order valence-corrected chi connectivity index (χ1v) is 11.3. The zero-order valence-corrected chi connectivity index (χ0v) is 19.7. The van der Waals surface area contributed by atoms with Gasteiger partial charge in [-0.25, -0.2) is 4.79 Å². The first kappa shape index (κ1) is 26.2. The molecule has 1 heterocycles. The number of carbonyl (C=O) groups is 1.